The Kier molecular flexibility index (Phi) is 20.7. The number of benzene rings is 1. The van der Waals surface area contributed by atoms with Crippen molar-refractivity contribution in [3.63, 3.8) is 0 Å². The van der Waals surface area contributed by atoms with E-state index >= 15 is 0 Å². The van der Waals surface area contributed by atoms with Crippen LogP contribution in [0.3, 0.4) is 0 Å². The number of hydrogen-bond donors (Lipinski definition) is 3. The van der Waals surface area contributed by atoms with Crippen LogP contribution in [0.15, 0.2) is 41.8 Å². The molecule has 5 rings (SSSR count). The van der Waals surface area contributed by atoms with Crippen LogP contribution in [0.4, 0.5) is 5.69 Å². The maximum Gasteiger partial charge on any atom is 0.335 e. The number of unbranched alkanes of at least 4 members (excludes halogenated alkanes) is 4. The lowest BCUT2D eigenvalue weighted by Crippen LogP contribution is -2.42. The highest BCUT2D eigenvalue weighted by atomic mass is 32.1. The maximum atomic E-state index is 13.6. The van der Waals surface area contributed by atoms with Crippen LogP contribution in [-0.2, 0) is 54.4 Å². The van der Waals surface area contributed by atoms with Gasteiger partial charge in [-0.2, -0.15) is 0 Å². The van der Waals surface area contributed by atoms with Gasteiger partial charge in [-0.05, 0) is 87.6 Å². The Hall–Kier alpha value is -5.17. The molecular weight excluding hydrogens is 845 g/mol. The van der Waals surface area contributed by atoms with Gasteiger partial charge in [-0.25, -0.2) is 4.79 Å². The number of likely N-dealkylation sites (N-methyl/N-ethyl adjacent to an activating group) is 1. The number of rotatable bonds is 28. The van der Waals surface area contributed by atoms with Crippen molar-refractivity contribution < 1.29 is 52.6 Å². The zero-order valence-electron chi connectivity index (χ0n) is 37.2. The normalized spacial score (nSPS) is 16.2. The average molecular weight is 909 g/mol. The number of thiophene rings is 1. The number of hydrogen-bond acceptors (Lipinski definition) is 12. The van der Waals surface area contributed by atoms with E-state index in [1.807, 2.05) is 60.2 Å². The summed E-state index contributed by atoms with van der Waals surface area (Å²) in [7, 11) is 0. The molecule has 3 N–H and O–H groups in total. The lowest BCUT2D eigenvalue weighted by Gasteiger charge is -2.28. The second-order valence-corrected chi connectivity index (χ2v) is 17.0. The molecule has 2 aliphatic rings. The smallest absolute Gasteiger partial charge is 0.335 e. The Labute approximate surface area is 378 Å². The van der Waals surface area contributed by atoms with E-state index in [1.165, 1.54) is 0 Å². The van der Waals surface area contributed by atoms with Crippen molar-refractivity contribution in [2.45, 2.75) is 110 Å². The number of amides is 6. The summed E-state index contributed by atoms with van der Waals surface area (Å²) in [6.45, 7) is 7.25. The number of aromatic nitrogens is 1. The van der Waals surface area contributed by atoms with Crippen LogP contribution in [0, 0.1) is 12.8 Å². The number of anilines is 1. The molecule has 1 aromatic carbocycles. The summed E-state index contributed by atoms with van der Waals surface area (Å²) in [5.74, 6) is -2.07. The summed E-state index contributed by atoms with van der Waals surface area (Å²) in [6.07, 6.45) is 7.83. The summed E-state index contributed by atoms with van der Waals surface area (Å²) in [4.78, 5) is 93.5. The first-order valence-electron chi connectivity index (χ1n) is 22.6. The van der Waals surface area contributed by atoms with Gasteiger partial charge in [0.2, 0.25) is 17.7 Å². The largest absolute Gasteiger partial charge is 0.378 e. The number of aryl methyl sites for hydroxylation is 1. The van der Waals surface area contributed by atoms with E-state index in [4.69, 9.17) is 19.0 Å². The number of nitrogens with zero attached hydrogens (tertiary/aromatic N) is 3. The fourth-order valence-corrected chi connectivity index (χ4v) is 8.59. The van der Waals surface area contributed by atoms with Crippen molar-refractivity contribution in [2.75, 3.05) is 64.2 Å². The van der Waals surface area contributed by atoms with Gasteiger partial charge in [-0.1, -0.05) is 31.4 Å². The number of carbonyl (C=O) groups excluding carboxylic acids is 7. The molecule has 2 aromatic heterocycles. The molecule has 3 aromatic rings. The van der Waals surface area contributed by atoms with Crippen LogP contribution in [-0.4, -0.2) is 116 Å². The van der Waals surface area contributed by atoms with E-state index < -0.39 is 17.8 Å². The van der Waals surface area contributed by atoms with Gasteiger partial charge < -0.3 is 44.5 Å². The Morgan fingerprint density at radius 3 is 2.19 bits per heavy atom. The van der Waals surface area contributed by atoms with Crippen LogP contribution in [0.1, 0.15) is 106 Å². The first-order valence-corrected chi connectivity index (χ1v) is 23.5. The van der Waals surface area contributed by atoms with E-state index in [1.54, 1.807) is 16.2 Å². The minimum atomic E-state index is -0.715. The second kappa shape index (κ2) is 26.6. The highest BCUT2D eigenvalue weighted by Gasteiger charge is 2.33. The quantitative estimate of drug-likeness (QED) is 0.0656. The van der Waals surface area contributed by atoms with Crippen molar-refractivity contribution in [2.24, 2.45) is 5.92 Å². The van der Waals surface area contributed by atoms with Gasteiger partial charge in [-0.15, -0.1) is 16.4 Å². The van der Waals surface area contributed by atoms with Crippen LogP contribution < -0.4 is 20.9 Å². The first-order chi connectivity index (χ1) is 31.0. The lowest BCUT2D eigenvalue weighted by atomic mass is 9.85. The Bertz CT molecular complexity index is 2010. The fraction of sp³-hybridized carbons (Fsp3) is 0.587. The average Bonchev–Trinajstić information content (AvgIpc) is 3.97. The monoisotopic (exact) mass is 908 g/mol. The Morgan fingerprint density at radius 2 is 1.47 bits per heavy atom. The molecule has 6 amide bonds. The van der Waals surface area contributed by atoms with Gasteiger partial charge in [0.05, 0.1) is 56.3 Å². The molecule has 2 fully saturated rings. The predicted octanol–water partition coefficient (Wildman–Crippen LogP) is 4.97. The first kappa shape index (κ1) is 49.8. The van der Waals surface area contributed by atoms with E-state index in [9.17, 15) is 33.6 Å². The molecule has 1 aliphatic carbocycles. The van der Waals surface area contributed by atoms with Gasteiger partial charge in [0.25, 0.3) is 17.7 Å². The lowest BCUT2D eigenvalue weighted by molar-refractivity contribution is -0.198. The SMILES string of the molecule is CCN(C(=O)Cn1c(C(=O)NC2CCC(C(=O)NCCCCCCCC(=O)NCCOCCOCCOCCC(=O)ON3C(=O)CCC3=O)CC2)cc2sccc21)c1cccc(C)c1. The highest BCUT2D eigenvalue weighted by Crippen LogP contribution is 2.28. The Balaban J connectivity index is 0.831. The number of fused-ring (bicyclic) bond motifs is 1. The Morgan fingerprint density at radius 1 is 0.781 bits per heavy atom. The minimum Gasteiger partial charge on any atom is -0.378 e. The molecule has 0 spiro atoms. The molecule has 0 unspecified atom stereocenters. The molecule has 0 atom stereocenters. The third-order valence-corrected chi connectivity index (χ3v) is 12.1. The molecule has 1 saturated heterocycles. The fourth-order valence-electron chi connectivity index (χ4n) is 7.76. The van der Waals surface area contributed by atoms with Crippen molar-refractivity contribution in [1.29, 1.82) is 0 Å². The molecule has 64 heavy (non-hydrogen) atoms. The number of carbonyl (C=O) groups is 7. The molecule has 350 valence electrons. The molecule has 1 saturated carbocycles. The minimum absolute atomic E-state index is 0.0139. The van der Waals surface area contributed by atoms with Crippen molar-refractivity contribution >= 4 is 68.7 Å². The second-order valence-electron chi connectivity index (χ2n) is 16.1. The molecule has 0 bridgehead atoms. The van der Waals surface area contributed by atoms with Crippen LogP contribution in [0.25, 0.3) is 10.2 Å². The molecule has 18 heteroatoms. The van der Waals surface area contributed by atoms with E-state index in [-0.39, 0.29) is 74.6 Å². The van der Waals surface area contributed by atoms with Crippen LogP contribution in [0.5, 0.6) is 0 Å². The predicted molar refractivity (Wildman–Crippen MR) is 240 cm³/mol. The molecule has 17 nitrogen and oxygen atoms in total. The van der Waals surface area contributed by atoms with Crippen LogP contribution in [0.2, 0.25) is 0 Å². The van der Waals surface area contributed by atoms with Gasteiger partial charge in [0, 0.05) is 56.5 Å². The number of hydroxylamine groups is 2. The maximum absolute atomic E-state index is 13.6. The number of ether oxygens (including phenoxy) is 3. The molecule has 1 aliphatic heterocycles. The molecule has 3 heterocycles. The molecular formula is C46H64N6O11S. The van der Waals surface area contributed by atoms with Gasteiger partial charge in [0.15, 0.2) is 0 Å². The van der Waals surface area contributed by atoms with Crippen molar-refractivity contribution in [3.05, 3.63) is 53.0 Å². The number of nitrogens with one attached hydrogen (secondary N) is 3. The highest BCUT2D eigenvalue weighted by molar-refractivity contribution is 7.17. The van der Waals surface area contributed by atoms with Crippen molar-refractivity contribution in [3.8, 4) is 0 Å². The standard InChI is InChI=1S/C46H64N6O11S/c1-3-50(36-11-9-10-33(2)30-36)43(56)32-51-37-20-29-64-39(37)31-38(51)46(59)49-35-15-13-34(14-16-35)45(58)48-21-8-6-4-5-7-12-40(53)47-22-24-61-26-28-62-27-25-60-23-19-44(57)63-52-41(54)17-18-42(52)55/h9-11,20,29-31,34-35H,3-8,12-19,21-28,32H2,1-2H3,(H,47,53)(H,48,58)(H,49,59). The summed E-state index contributed by atoms with van der Waals surface area (Å²) < 4.78 is 19.0. The van der Waals surface area contributed by atoms with E-state index in [0.717, 1.165) is 53.6 Å². The zero-order valence-corrected chi connectivity index (χ0v) is 38.0. The third kappa shape index (κ3) is 15.8. The topological polar surface area (TPSA) is 204 Å². The van der Waals surface area contributed by atoms with Crippen LogP contribution >= 0.6 is 11.3 Å². The van der Waals surface area contributed by atoms with Gasteiger partial charge in [0.1, 0.15) is 12.2 Å². The van der Waals surface area contributed by atoms with Crippen molar-refractivity contribution in [1.82, 2.24) is 25.6 Å². The van der Waals surface area contributed by atoms with E-state index in [2.05, 4.69) is 16.0 Å². The third-order valence-electron chi connectivity index (χ3n) is 11.3. The summed E-state index contributed by atoms with van der Waals surface area (Å²) >= 11 is 1.54. The zero-order chi connectivity index (χ0) is 45.7. The summed E-state index contributed by atoms with van der Waals surface area (Å²) in [5, 5.41) is 11.6. The number of imide groups is 1. The molecule has 0 radical (unpaired) electrons. The summed E-state index contributed by atoms with van der Waals surface area (Å²) in [5.41, 5.74) is 3.25. The van der Waals surface area contributed by atoms with E-state index in [0.29, 0.717) is 88.9 Å². The summed E-state index contributed by atoms with van der Waals surface area (Å²) in [6, 6.07) is 11.6. The van der Waals surface area contributed by atoms with Gasteiger partial charge >= 0.3 is 5.97 Å². The van der Waals surface area contributed by atoms with Gasteiger partial charge in [-0.3, -0.25) is 28.8 Å².